The minimum absolute atomic E-state index is 0.00130. The Bertz CT molecular complexity index is 1310. The monoisotopic (exact) mass is 535 g/mol. The molecule has 9 nitrogen and oxygen atoms in total. The highest BCUT2D eigenvalue weighted by molar-refractivity contribution is 5.93. The second kappa shape index (κ2) is 12.0. The van der Waals surface area contributed by atoms with Crippen molar-refractivity contribution in [2.24, 2.45) is 5.41 Å². The Morgan fingerprint density at radius 3 is 2.62 bits per heavy atom. The second-order valence-electron chi connectivity index (χ2n) is 11.5. The van der Waals surface area contributed by atoms with E-state index in [1.807, 2.05) is 50.9 Å². The summed E-state index contributed by atoms with van der Waals surface area (Å²) in [7, 11) is 5.11. The predicted molar refractivity (Wildman–Crippen MR) is 153 cm³/mol. The van der Waals surface area contributed by atoms with Gasteiger partial charge in [-0.15, -0.1) is 0 Å². The first kappa shape index (κ1) is 28.3. The molecule has 9 heteroatoms. The van der Waals surface area contributed by atoms with E-state index in [2.05, 4.69) is 25.8 Å². The average molecular weight is 536 g/mol. The fourth-order valence-corrected chi connectivity index (χ4v) is 4.80. The minimum atomic E-state index is -0.0442. The summed E-state index contributed by atoms with van der Waals surface area (Å²) in [5.41, 5.74) is 2.80. The van der Waals surface area contributed by atoms with E-state index < -0.39 is 0 Å². The Hall–Kier alpha value is -3.75. The number of methoxy groups -OCH3 is 1. The van der Waals surface area contributed by atoms with E-state index in [4.69, 9.17) is 9.47 Å². The van der Waals surface area contributed by atoms with Crippen LogP contribution in [-0.4, -0.2) is 72.2 Å². The number of fused-ring (bicyclic) bond motifs is 1. The number of hydrogen-bond donors (Lipinski definition) is 0. The first-order chi connectivity index (χ1) is 18.6. The Labute approximate surface area is 231 Å². The van der Waals surface area contributed by atoms with Crippen LogP contribution < -0.4 is 14.4 Å². The largest absolute Gasteiger partial charge is 0.493 e. The van der Waals surface area contributed by atoms with Gasteiger partial charge >= 0.3 is 6.03 Å². The SMILES string of the molecule is COc1ccc(N2CCCN(Cc3ccnc4c3ccn4CC(=O)N(C)C)C2=O)cc1OCCCC(C)(C)C. The maximum atomic E-state index is 13.6. The fourth-order valence-electron chi connectivity index (χ4n) is 4.80. The van der Waals surface area contributed by atoms with Gasteiger partial charge in [0.2, 0.25) is 5.91 Å². The van der Waals surface area contributed by atoms with Crippen molar-refractivity contribution >= 4 is 28.7 Å². The third kappa shape index (κ3) is 6.82. The van der Waals surface area contributed by atoms with Gasteiger partial charge in [-0.25, -0.2) is 9.78 Å². The Morgan fingerprint density at radius 2 is 1.90 bits per heavy atom. The van der Waals surface area contributed by atoms with Crippen molar-refractivity contribution in [1.29, 1.82) is 0 Å². The van der Waals surface area contributed by atoms with E-state index in [1.165, 1.54) is 0 Å². The topological polar surface area (TPSA) is 80.1 Å². The lowest BCUT2D eigenvalue weighted by Crippen LogP contribution is -2.49. The molecule has 3 amide bonds. The smallest absolute Gasteiger partial charge is 0.324 e. The number of urea groups is 1. The van der Waals surface area contributed by atoms with Gasteiger partial charge in [-0.05, 0) is 54.5 Å². The molecule has 3 heterocycles. The molecular formula is C30H41N5O4. The molecule has 1 aromatic carbocycles. The van der Waals surface area contributed by atoms with Gasteiger partial charge < -0.3 is 23.8 Å². The summed E-state index contributed by atoms with van der Waals surface area (Å²) in [6.45, 7) is 9.26. The van der Waals surface area contributed by atoms with E-state index in [1.54, 1.807) is 32.3 Å². The molecule has 0 saturated carbocycles. The summed E-state index contributed by atoms with van der Waals surface area (Å²) in [5.74, 6) is 1.31. The highest BCUT2D eigenvalue weighted by Crippen LogP contribution is 2.34. The lowest BCUT2D eigenvalue weighted by Gasteiger charge is -2.36. The van der Waals surface area contributed by atoms with Crippen LogP contribution in [-0.2, 0) is 17.9 Å². The number of amides is 3. The van der Waals surface area contributed by atoms with Crippen molar-refractivity contribution in [2.45, 2.75) is 53.1 Å². The number of nitrogens with zero attached hydrogens (tertiary/aromatic N) is 5. The number of hydrogen-bond acceptors (Lipinski definition) is 5. The molecular weight excluding hydrogens is 494 g/mol. The quantitative estimate of drug-likeness (QED) is 0.335. The van der Waals surface area contributed by atoms with Gasteiger partial charge in [-0.1, -0.05) is 20.8 Å². The van der Waals surface area contributed by atoms with Crippen LogP contribution in [0.3, 0.4) is 0 Å². The molecule has 2 aromatic heterocycles. The molecule has 210 valence electrons. The molecule has 0 radical (unpaired) electrons. The molecule has 4 rings (SSSR count). The first-order valence-electron chi connectivity index (χ1n) is 13.6. The molecule has 0 N–H and O–H groups in total. The number of carbonyl (C=O) groups is 2. The van der Waals surface area contributed by atoms with Crippen molar-refractivity contribution in [3.05, 3.63) is 48.3 Å². The van der Waals surface area contributed by atoms with Crippen molar-refractivity contribution in [1.82, 2.24) is 19.4 Å². The third-order valence-corrected chi connectivity index (χ3v) is 7.02. The van der Waals surface area contributed by atoms with E-state index >= 15 is 0 Å². The van der Waals surface area contributed by atoms with Crippen LogP contribution in [0, 0.1) is 5.41 Å². The van der Waals surface area contributed by atoms with Crippen LogP contribution in [0.1, 0.15) is 45.6 Å². The zero-order valence-corrected chi connectivity index (χ0v) is 24.1. The number of anilines is 1. The van der Waals surface area contributed by atoms with E-state index in [9.17, 15) is 9.59 Å². The summed E-state index contributed by atoms with van der Waals surface area (Å²) in [6.07, 6.45) is 6.48. The molecule has 0 bridgehead atoms. The molecule has 0 atom stereocenters. The number of likely N-dealkylation sites (N-methyl/N-ethyl adjacent to an activating group) is 1. The van der Waals surface area contributed by atoms with Crippen LogP contribution in [0.2, 0.25) is 0 Å². The fraction of sp³-hybridized carbons (Fsp3) is 0.500. The second-order valence-corrected chi connectivity index (χ2v) is 11.5. The van der Waals surface area contributed by atoms with Crippen molar-refractivity contribution in [2.75, 3.05) is 45.8 Å². The standard InChI is InChI=1S/C30H41N5O4/c1-30(2,3)13-7-18-39-26-19-23(9-10-25(26)38-6)35-16-8-15-34(29(35)37)20-22-11-14-31-28-24(22)12-17-33(28)21-27(36)32(4)5/h9-12,14,17,19H,7-8,13,15-16,18,20-21H2,1-6H3. The molecule has 39 heavy (non-hydrogen) atoms. The predicted octanol–water partition coefficient (Wildman–Crippen LogP) is 5.17. The summed E-state index contributed by atoms with van der Waals surface area (Å²) < 4.78 is 13.5. The van der Waals surface area contributed by atoms with Gasteiger partial charge in [0, 0.05) is 63.3 Å². The van der Waals surface area contributed by atoms with Gasteiger partial charge in [-0.2, -0.15) is 0 Å². The lowest BCUT2D eigenvalue weighted by molar-refractivity contribution is -0.129. The third-order valence-electron chi connectivity index (χ3n) is 7.02. The lowest BCUT2D eigenvalue weighted by atomic mass is 9.91. The maximum absolute atomic E-state index is 13.6. The normalized spacial score (nSPS) is 14.2. The number of benzene rings is 1. The van der Waals surface area contributed by atoms with Crippen molar-refractivity contribution < 1.29 is 19.1 Å². The van der Waals surface area contributed by atoms with Gasteiger partial charge in [-0.3, -0.25) is 9.69 Å². The molecule has 0 aliphatic carbocycles. The molecule has 0 spiro atoms. The molecule has 0 unspecified atom stereocenters. The Balaban J connectivity index is 1.49. The average Bonchev–Trinajstić information content (AvgIpc) is 3.30. The number of aromatic nitrogens is 2. The van der Waals surface area contributed by atoms with E-state index in [-0.39, 0.29) is 23.9 Å². The van der Waals surface area contributed by atoms with Crippen LogP contribution in [0.4, 0.5) is 10.5 Å². The van der Waals surface area contributed by atoms with Crippen LogP contribution in [0.15, 0.2) is 42.7 Å². The zero-order valence-electron chi connectivity index (χ0n) is 24.1. The maximum Gasteiger partial charge on any atom is 0.324 e. The van der Waals surface area contributed by atoms with Gasteiger partial charge in [0.05, 0.1) is 13.7 Å². The Kier molecular flexibility index (Phi) is 8.67. The van der Waals surface area contributed by atoms with E-state index in [0.29, 0.717) is 37.7 Å². The highest BCUT2D eigenvalue weighted by atomic mass is 16.5. The molecule has 1 aliphatic heterocycles. The highest BCUT2D eigenvalue weighted by Gasteiger charge is 2.28. The molecule has 1 aliphatic rings. The Morgan fingerprint density at radius 1 is 1.10 bits per heavy atom. The summed E-state index contributed by atoms with van der Waals surface area (Å²) >= 11 is 0. The van der Waals surface area contributed by atoms with Crippen molar-refractivity contribution in [3.8, 4) is 11.5 Å². The van der Waals surface area contributed by atoms with Gasteiger partial charge in [0.1, 0.15) is 12.2 Å². The van der Waals surface area contributed by atoms with E-state index in [0.717, 1.165) is 41.5 Å². The number of rotatable bonds is 10. The molecule has 3 aromatic rings. The first-order valence-corrected chi connectivity index (χ1v) is 13.6. The minimum Gasteiger partial charge on any atom is -0.493 e. The van der Waals surface area contributed by atoms with Crippen LogP contribution in [0.5, 0.6) is 11.5 Å². The number of pyridine rings is 1. The summed E-state index contributed by atoms with van der Waals surface area (Å²) in [4.78, 5) is 35.6. The summed E-state index contributed by atoms with van der Waals surface area (Å²) in [5, 5.41) is 0.948. The molecule has 1 fully saturated rings. The summed E-state index contributed by atoms with van der Waals surface area (Å²) in [6, 6.07) is 9.56. The number of ether oxygens (including phenoxy) is 2. The van der Waals surface area contributed by atoms with Gasteiger partial charge in [0.25, 0.3) is 0 Å². The van der Waals surface area contributed by atoms with Crippen molar-refractivity contribution in [3.63, 3.8) is 0 Å². The number of carbonyl (C=O) groups excluding carboxylic acids is 2. The molecule has 1 saturated heterocycles. The van der Waals surface area contributed by atoms with Crippen LogP contribution in [0.25, 0.3) is 11.0 Å². The van der Waals surface area contributed by atoms with Crippen LogP contribution >= 0.6 is 0 Å². The van der Waals surface area contributed by atoms with Gasteiger partial charge in [0.15, 0.2) is 11.5 Å². The zero-order chi connectivity index (χ0) is 28.2.